The van der Waals surface area contributed by atoms with Crippen molar-refractivity contribution < 1.29 is 9.53 Å². The number of hydrogen-bond donors (Lipinski definition) is 1. The van der Waals surface area contributed by atoms with Gasteiger partial charge in [0.25, 0.3) is 5.91 Å². The van der Waals surface area contributed by atoms with E-state index in [9.17, 15) is 4.79 Å². The molecule has 2 rings (SSSR count). The zero-order valence-corrected chi connectivity index (χ0v) is 12.4. The number of aromatic nitrogens is 2. The third-order valence-corrected chi connectivity index (χ3v) is 3.81. The van der Waals surface area contributed by atoms with Crippen molar-refractivity contribution in [2.75, 3.05) is 33.3 Å². The third-order valence-electron chi connectivity index (χ3n) is 3.08. The molecule has 1 fully saturated rings. The maximum atomic E-state index is 12.4. The van der Waals surface area contributed by atoms with E-state index in [-0.39, 0.29) is 17.9 Å². The minimum absolute atomic E-state index is 0.0205. The maximum Gasteiger partial charge on any atom is 0.267 e. The summed E-state index contributed by atoms with van der Waals surface area (Å²) in [7, 11) is 1.80. The van der Waals surface area contributed by atoms with Crippen LogP contribution in [0.15, 0.2) is 0 Å². The first-order valence-corrected chi connectivity index (χ1v) is 7.27. The highest BCUT2D eigenvalue weighted by Crippen LogP contribution is 2.21. The molecule has 7 heteroatoms. The van der Waals surface area contributed by atoms with E-state index in [1.54, 1.807) is 11.9 Å². The van der Waals surface area contributed by atoms with Crippen LogP contribution in [0, 0.1) is 0 Å². The molecule has 1 aromatic heterocycles. The van der Waals surface area contributed by atoms with E-state index in [2.05, 4.69) is 14.9 Å². The van der Waals surface area contributed by atoms with Gasteiger partial charge in [-0.2, -0.15) is 0 Å². The lowest BCUT2D eigenvalue weighted by Gasteiger charge is -2.27. The zero-order chi connectivity index (χ0) is 13.8. The molecule has 1 amide bonds. The molecule has 1 aromatic rings. The number of carbonyl (C=O) groups is 1. The lowest BCUT2D eigenvalue weighted by Crippen LogP contribution is -2.45. The van der Waals surface area contributed by atoms with Gasteiger partial charge in [0.05, 0.1) is 18.4 Å². The summed E-state index contributed by atoms with van der Waals surface area (Å²) in [4.78, 5) is 14.7. The third kappa shape index (κ3) is 3.49. The Balaban J connectivity index is 1.99. The second-order valence-electron chi connectivity index (χ2n) is 5.02. The minimum Gasteiger partial charge on any atom is -0.374 e. The van der Waals surface area contributed by atoms with E-state index in [0.29, 0.717) is 18.0 Å². The van der Waals surface area contributed by atoms with Gasteiger partial charge in [-0.3, -0.25) is 4.79 Å². The SMILES string of the molecule is CC(C)c1nnsc1C(=O)N(C)CC1CNCCO1. The van der Waals surface area contributed by atoms with E-state index < -0.39 is 0 Å². The summed E-state index contributed by atoms with van der Waals surface area (Å²) >= 11 is 1.17. The van der Waals surface area contributed by atoms with Gasteiger partial charge < -0.3 is 15.0 Å². The van der Waals surface area contributed by atoms with Crippen LogP contribution in [0.2, 0.25) is 0 Å². The molecule has 106 valence electrons. The van der Waals surface area contributed by atoms with Gasteiger partial charge in [0, 0.05) is 26.7 Å². The summed E-state index contributed by atoms with van der Waals surface area (Å²) in [6.45, 7) is 6.98. The first kappa shape index (κ1) is 14.4. The molecule has 0 radical (unpaired) electrons. The van der Waals surface area contributed by atoms with Crippen LogP contribution >= 0.6 is 11.5 Å². The summed E-state index contributed by atoms with van der Waals surface area (Å²) < 4.78 is 9.50. The van der Waals surface area contributed by atoms with Crippen molar-refractivity contribution in [3.05, 3.63) is 10.6 Å². The van der Waals surface area contributed by atoms with E-state index in [1.165, 1.54) is 11.5 Å². The predicted molar refractivity (Wildman–Crippen MR) is 73.6 cm³/mol. The Morgan fingerprint density at radius 2 is 2.42 bits per heavy atom. The Morgan fingerprint density at radius 3 is 3.05 bits per heavy atom. The van der Waals surface area contributed by atoms with Crippen LogP contribution in [0.5, 0.6) is 0 Å². The second-order valence-corrected chi connectivity index (χ2v) is 5.78. The van der Waals surface area contributed by atoms with Gasteiger partial charge >= 0.3 is 0 Å². The zero-order valence-electron chi connectivity index (χ0n) is 11.5. The molecule has 0 aromatic carbocycles. The molecule has 1 aliphatic heterocycles. The Bertz CT molecular complexity index is 429. The first-order valence-electron chi connectivity index (χ1n) is 6.49. The van der Waals surface area contributed by atoms with E-state index in [1.807, 2.05) is 13.8 Å². The van der Waals surface area contributed by atoms with E-state index in [0.717, 1.165) is 18.8 Å². The largest absolute Gasteiger partial charge is 0.374 e. The molecule has 0 bridgehead atoms. The molecule has 0 aliphatic carbocycles. The number of amides is 1. The van der Waals surface area contributed by atoms with Crippen LogP contribution in [0.3, 0.4) is 0 Å². The van der Waals surface area contributed by atoms with Gasteiger partial charge in [0.15, 0.2) is 0 Å². The normalized spacial score (nSPS) is 19.7. The quantitative estimate of drug-likeness (QED) is 0.882. The van der Waals surface area contributed by atoms with Gasteiger partial charge in [-0.15, -0.1) is 5.10 Å². The van der Waals surface area contributed by atoms with Crippen molar-refractivity contribution in [3.63, 3.8) is 0 Å². The molecule has 6 nitrogen and oxygen atoms in total. The van der Waals surface area contributed by atoms with Crippen LogP contribution in [-0.4, -0.2) is 59.8 Å². The number of morpholine rings is 1. The van der Waals surface area contributed by atoms with Crippen molar-refractivity contribution in [2.45, 2.75) is 25.9 Å². The van der Waals surface area contributed by atoms with E-state index in [4.69, 9.17) is 4.74 Å². The Morgan fingerprint density at radius 1 is 1.63 bits per heavy atom. The lowest BCUT2D eigenvalue weighted by molar-refractivity contribution is 0.0104. The van der Waals surface area contributed by atoms with Gasteiger partial charge in [-0.25, -0.2) is 0 Å². The summed E-state index contributed by atoms with van der Waals surface area (Å²) in [6, 6.07) is 0. The molecule has 1 unspecified atom stereocenters. The predicted octanol–water partition coefficient (Wildman–Crippen LogP) is 0.722. The molecule has 1 atom stereocenters. The fourth-order valence-corrected chi connectivity index (χ4v) is 2.84. The van der Waals surface area contributed by atoms with Gasteiger partial charge in [0.2, 0.25) is 0 Å². The highest BCUT2D eigenvalue weighted by Gasteiger charge is 2.24. The molecule has 0 spiro atoms. The highest BCUT2D eigenvalue weighted by molar-refractivity contribution is 7.08. The van der Waals surface area contributed by atoms with Crippen molar-refractivity contribution >= 4 is 17.4 Å². The maximum absolute atomic E-state index is 12.4. The molecule has 1 N–H and O–H groups in total. The second kappa shape index (κ2) is 6.40. The number of nitrogens with one attached hydrogen (secondary N) is 1. The summed E-state index contributed by atoms with van der Waals surface area (Å²) in [5.74, 6) is 0.187. The number of rotatable bonds is 4. The summed E-state index contributed by atoms with van der Waals surface area (Å²) in [6.07, 6.45) is 0.0612. The topological polar surface area (TPSA) is 67.4 Å². The molecular formula is C12H20N4O2S. The van der Waals surface area contributed by atoms with Gasteiger partial charge in [0.1, 0.15) is 4.88 Å². The minimum atomic E-state index is -0.0205. The van der Waals surface area contributed by atoms with Gasteiger partial charge in [-0.1, -0.05) is 18.3 Å². The molecule has 1 saturated heterocycles. The van der Waals surface area contributed by atoms with Crippen LogP contribution in [0.4, 0.5) is 0 Å². The van der Waals surface area contributed by atoms with Gasteiger partial charge in [-0.05, 0) is 17.5 Å². The smallest absolute Gasteiger partial charge is 0.267 e. The highest BCUT2D eigenvalue weighted by atomic mass is 32.1. The number of ether oxygens (including phenoxy) is 1. The fraction of sp³-hybridized carbons (Fsp3) is 0.750. The van der Waals surface area contributed by atoms with Crippen molar-refractivity contribution in [3.8, 4) is 0 Å². The van der Waals surface area contributed by atoms with Crippen LogP contribution in [0.1, 0.15) is 35.1 Å². The standard InChI is InChI=1S/C12H20N4O2S/c1-8(2)10-11(19-15-14-10)12(17)16(3)7-9-6-13-4-5-18-9/h8-9,13H,4-7H2,1-3H3. The van der Waals surface area contributed by atoms with Crippen LogP contribution in [-0.2, 0) is 4.74 Å². The average Bonchev–Trinajstić information content (AvgIpc) is 2.88. The summed E-state index contributed by atoms with van der Waals surface area (Å²) in [5.41, 5.74) is 0.782. The molecule has 2 heterocycles. The van der Waals surface area contributed by atoms with Crippen molar-refractivity contribution in [2.24, 2.45) is 0 Å². The Labute approximate surface area is 117 Å². The summed E-state index contributed by atoms with van der Waals surface area (Å²) in [5, 5.41) is 7.30. The molecule has 19 heavy (non-hydrogen) atoms. The fourth-order valence-electron chi connectivity index (χ4n) is 2.02. The molecular weight excluding hydrogens is 264 g/mol. The van der Waals surface area contributed by atoms with Crippen molar-refractivity contribution in [1.29, 1.82) is 0 Å². The van der Waals surface area contributed by atoms with Crippen molar-refractivity contribution in [1.82, 2.24) is 19.8 Å². The average molecular weight is 284 g/mol. The number of carbonyl (C=O) groups excluding carboxylic acids is 1. The Kier molecular flexibility index (Phi) is 4.84. The Hall–Kier alpha value is -1.05. The molecule has 1 aliphatic rings. The van der Waals surface area contributed by atoms with Crippen LogP contribution < -0.4 is 5.32 Å². The number of likely N-dealkylation sites (N-methyl/N-ethyl adjacent to an activating group) is 1. The van der Waals surface area contributed by atoms with Crippen LogP contribution in [0.25, 0.3) is 0 Å². The lowest BCUT2D eigenvalue weighted by atomic mass is 10.1. The monoisotopic (exact) mass is 284 g/mol. The molecule has 0 saturated carbocycles. The number of nitrogens with zero attached hydrogens (tertiary/aromatic N) is 3. The van der Waals surface area contributed by atoms with E-state index >= 15 is 0 Å². The number of hydrogen-bond acceptors (Lipinski definition) is 6. The first-order chi connectivity index (χ1) is 9.09.